The van der Waals surface area contributed by atoms with E-state index in [-0.39, 0.29) is 6.54 Å². The van der Waals surface area contributed by atoms with Gasteiger partial charge in [0.2, 0.25) is 0 Å². The summed E-state index contributed by atoms with van der Waals surface area (Å²) >= 11 is 0. The van der Waals surface area contributed by atoms with Gasteiger partial charge < -0.3 is 10.8 Å². The molecule has 15 heavy (non-hydrogen) atoms. The molecule has 0 aliphatic heterocycles. The Morgan fingerprint density at radius 3 is 2.27 bits per heavy atom. The fourth-order valence-electron chi connectivity index (χ4n) is 1.33. The topological polar surface area (TPSA) is 46.2 Å². The van der Waals surface area contributed by atoms with Crippen LogP contribution < -0.4 is 5.73 Å². The number of nitrogens with two attached hydrogens (primary N) is 1. The summed E-state index contributed by atoms with van der Waals surface area (Å²) in [6.45, 7) is 0.634. The van der Waals surface area contributed by atoms with Gasteiger partial charge in [-0.05, 0) is 12.1 Å². The second kappa shape index (κ2) is 4.20. The summed E-state index contributed by atoms with van der Waals surface area (Å²) in [6.07, 6.45) is 0. The van der Waals surface area contributed by atoms with E-state index in [4.69, 9.17) is 10.8 Å². The van der Waals surface area contributed by atoms with Gasteiger partial charge in [0.1, 0.15) is 5.82 Å². The average molecular weight is 219 g/mol. The fourth-order valence-corrected chi connectivity index (χ4v) is 1.33. The lowest BCUT2D eigenvalue weighted by Crippen LogP contribution is -2.37. The Bertz CT molecular complexity index is 364. The first kappa shape index (κ1) is 12.0. The lowest BCUT2D eigenvalue weighted by molar-refractivity contribution is 0.201. The van der Waals surface area contributed by atoms with Crippen LogP contribution >= 0.6 is 0 Å². The third-order valence-corrected chi connectivity index (χ3v) is 2.45. The molecule has 0 radical (unpaired) electrons. The standard InChI is InChI=1S/C10H12F3NO/c1-10(4-14,5-15)8-6(11)2-3-7(12)9(8)13/h2-3,15H,4-5,14H2,1H3. The first-order chi connectivity index (χ1) is 6.96. The van der Waals surface area contributed by atoms with Crippen molar-refractivity contribution in [3.63, 3.8) is 0 Å². The van der Waals surface area contributed by atoms with Gasteiger partial charge in [-0.3, -0.25) is 0 Å². The summed E-state index contributed by atoms with van der Waals surface area (Å²) in [6, 6.07) is 1.51. The lowest BCUT2D eigenvalue weighted by atomic mass is 9.82. The molecule has 3 N–H and O–H groups in total. The average Bonchev–Trinajstić information content (AvgIpc) is 2.23. The van der Waals surface area contributed by atoms with Crippen molar-refractivity contribution in [3.05, 3.63) is 35.1 Å². The zero-order valence-electron chi connectivity index (χ0n) is 8.23. The van der Waals surface area contributed by atoms with E-state index < -0.39 is 35.0 Å². The Hall–Kier alpha value is -1.07. The Morgan fingerprint density at radius 1 is 1.27 bits per heavy atom. The van der Waals surface area contributed by atoms with Crippen LogP contribution in [0.5, 0.6) is 0 Å². The number of hydrogen-bond donors (Lipinski definition) is 2. The van der Waals surface area contributed by atoms with Crippen molar-refractivity contribution < 1.29 is 18.3 Å². The summed E-state index contributed by atoms with van der Waals surface area (Å²) in [5.41, 5.74) is 3.51. The molecule has 0 aromatic heterocycles. The molecule has 84 valence electrons. The monoisotopic (exact) mass is 219 g/mol. The molecule has 1 aromatic carbocycles. The van der Waals surface area contributed by atoms with Crippen LogP contribution in [0.15, 0.2) is 12.1 Å². The molecule has 5 heteroatoms. The Labute approximate surface area is 85.5 Å². The second-order valence-corrected chi connectivity index (χ2v) is 3.64. The molecule has 0 fully saturated rings. The third kappa shape index (κ3) is 1.98. The molecule has 0 heterocycles. The number of aliphatic hydroxyl groups excluding tert-OH is 1. The molecule has 0 spiro atoms. The van der Waals surface area contributed by atoms with E-state index in [0.29, 0.717) is 6.07 Å². The number of aliphatic hydroxyl groups is 1. The van der Waals surface area contributed by atoms with E-state index in [9.17, 15) is 13.2 Å². The SMILES string of the molecule is CC(CN)(CO)c1c(F)ccc(F)c1F. The Kier molecular flexibility index (Phi) is 3.36. The van der Waals surface area contributed by atoms with Crippen LogP contribution in [-0.2, 0) is 5.41 Å². The molecule has 0 saturated heterocycles. The maximum Gasteiger partial charge on any atom is 0.165 e. The molecule has 0 aliphatic rings. The highest BCUT2D eigenvalue weighted by molar-refractivity contribution is 5.29. The number of halogens is 3. The van der Waals surface area contributed by atoms with Crippen LogP contribution in [0.3, 0.4) is 0 Å². The summed E-state index contributed by atoms with van der Waals surface area (Å²) in [5, 5.41) is 9.04. The van der Waals surface area contributed by atoms with Gasteiger partial charge in [-0.2, -0.15) is 0 Å². The molecule has 0 amide bonds. The maximum atomic E-state index is 13.4. The summed E-state index contributed by atoms with van der Waals surface area (Å²) in [7, 11) is 0. The first-order valence-electron chi connectivity index (χ1n) is 4.41. The van der Waals surface area contributed by atoms with Crippen molar-refractivity contribution in [2.24, 2.45) is 5.73 Å². The Balaban J connectivity index is 3.41. The van der Waals surface area contributed by atoms with E-state index in [2.05, 4.69) is 0 Å². The zero-order chi connectivity index (χ0) is 11.6. The van der Waals surface area contributed by atoms with Gasteiger partial charge in [0, 0.05) is 17.5 Å². The molecule has 1 unspecified atom stereocenters. The van der Waals surface area contributed by atoms with Crippen LogP contribution in [0.1, 0.15) is 12.5 Å². The minimum Gasteiger partial charge on any atom is -0.395 e. The van der Waals surface area contributed by atoms with Crippen molar-refractivity contribution in [2.45, 2.75) is 12.3 Å². The molecule has 0 saturated carbocycles. The largest absolute Gasteiger partial charge is 0.395 e. The van der Waals surface area contributed by atoms with E-state index >= 15 is 0 Å². The van der Waals surface area contributed by atoms with E-state index in [0.717, 1.165) is 6.07 Å². The molecule has 1 aromatic rings. The molecule has 1 atom stereocenters. The summed E-state index contributed by atoms with van der Waals surface area (Å²) < 4.78 is 39.6. The van der Waals surface area contributed by atoms with E-state index in [1.165, 1.54) is 6.92 Å². The molecular weight excluding hydrogens is 207 g/mol. The highest BCUT2D eigenvalue weighted by Crippen LogP contribution is 2.28. The number of rotatable bonds is 3. The lowest BCUT2D eigenvalue weighted by Gasteiger charge is -2.26. The van der Waals surface area contributed by atoms with Crippen LogP contribution in [0.4, 0.5) is 13.2 Å². The van der Waals surface area contributed by atoms with Crippen molar-refractivity contribution in [1.29, 1.82) is 0 Å². The van der Waals surface area contributed by atoms with E-state index in [1.807, 2.05) is 0 Å². The molecule has 0 bridgehead atoms. The zero-order valence-corrected chi connectivity index (χ0v) is 8.23. The highest BCUT2D eigenvalue weighted by Gasteiger charge is 2.32. The van der Waals surface area contributed by atoms with Crippen molar-refractivity contribution in [2.75, 3.05) is 13.2 Å². The highest BCUT2D eigenvalue weighted by atomic mass is 19.2. The van der Waals surface area contributed by atoms with Crippen molar-refractivity contribution in [1.82, 2.24) is 0 Å². The fraction of sp³-hybridized carbons (Fsp3) is 0.400. The number of benzene rings is 1. The first-order valence-corrected chi connectivity index (χ1v) is 4.41. The molecule has 1 rings (SSSR count). The van der Waals surface area contributed by atoms with Gasteiger partial charge >= 0.3 is 0 Å². The second-order valence-electron chi connectivity index (χ2n) is 3.64. The van der Waals surface area contributed by atoms with Crippen LogP contribution in [-0.4, -0.2) is 18.3 Å². The number of hydrogen-bond acceptors (Lipinski definition) is 2. The predicted molar refractivity (Wildman–Crippen MR) is 49.8 cm³/mol. The predicted octanol–water partition coefficient (Wildman–Crippen LogP) is 1.31. The van der Waals surface area contributed by atoms with Gasteiger partial charge in [0.05, 0.1) is 6.61 Å². The molecule has 0 aliphatic carbocycles. The van der Waals surface area contributed by atoms with Crippen LogP contribution in [0, 0.1) is 17.5 Å². The minimum atomic E-state index is -1.31. The van der Waals surface area contributed by atoms with Gasteiger partial charge in [-0.1, -0.05) is 6.92 Å². The molecule has 2 nitrogen and oxygen atoms in total. The van der Waals surface area contributed by atoms with E-state index in [1.54, 1.807) is 0 Å². The third-order valence-electron chi connectivity index (χ3n) is 2.45. The minimum absolute atomic E-state index is 0.180. The van der Waals surface area contributed by atoms with Gasteiger partial charge in [-0.15, -0.1) is 0 Å². The van der Waals surface area contributed by atoms with Crippen molar-refractivity contribution in [3.8, 4) is 0 Å². The van der Waals surface area contributed by atoms with Gasteiger partial charge in [0.25, 0.3) is 0 Å². The summed E-state index contributed by atoms with van der Waals surface area (Å²) in [5.74, 6) is -3.35. The van der Waals surface area contributed by atoms with Gasteiger partial charge in [-0.25, -0.2) is 13.2 Å². The smallest absolute Gasteiger partial charge is 0.165 e. The van der Waals surface area contributed by atoms with Crippen LogP contribution in [0.2, 0.25) is 0 Å². The van der Waals surface area contributed by atoms with Gasteiger partial charge in [0.15, 0.2) is 11.6 Å². The maximum absolute atomic E-state index is 13.4. The molecular formula is C10H12F3NO. The summed E-state index contributed by atoms with van der Waals surface area (Å²) in [4.78, 5) is 0. The van der Waals surface area contributed by atoms with Crippen molar-refractivity contribution >= 4 is 0 Å². The van der Waals surface area contributed by atoms with Crippen LogP contribution in [0.25, 0.3) is 0 Å². The normalized spacial score (nSPS) is 15.1. The quantitative estimate of drug-likeness (QED) is 0.753. The Morgan fingerprint density at radius 2 is 1.80 bits per heavy atom.